The highest BCUT2D eigenvalue weighted by molar-refractivity contribution is 9.10. The van der Waals surface area contributed by atoms with Crippen LogP contribution in [0.3, 0.4) is 0 Å². The lowest BCUT2D eigenvalue weighted by Crippen LogP contribution is -2.28. The third-order valence-electron chi connectivity index (χ3n) is 2.19. The van der Waals surface area contributed by atoms with Gasteiger partial charge in [0.15, 0.2) is 0 Å². The number of nitrogens with zero attached hydrogens (tertiary/aromatic N) is 1. The highest BCUT2D eigenvalue weighted by Gasteiger charge is 2.28. The summed E-state index contributed by atoms with van der Waals surface area (Å²) < 4.78 is 0.812. The van der Waals surface area contributed by atoms with Gasteiger partial charge in [0.25, 0.3) is 0 Å². The zero-order chi connectivity index (χ0) is 11.0. The Morgan fingerprint density at radius 1 is 1.40 bits per heavy atom. The van der Waals surface area contributed by atoms with E-state index in [1.165, 1.54) is 4.90 Å². The lowest BCUT2D eigenvalue weighted by molar-refractivity contribution is -0.117. The summed E-state index contributed by atoms with van der Waals surface area (Å²) >= 11 is 3.37. The highest BCUT2D eigenvalue weighted by atomic mass is 79.9. The molecule has 1 heterocycles. The Balaban J connectivity index is 2.38. The van der Waals surface area contributed by atoms with Crippen molar-refractivity contribution in [2.45, 2.75) is 6.92 Å². The van der Waals surface area contributed by atoms with Crippen molar-refractivity contribution in [3.05, 3.63) is 28.2 Å². The molecule has 1 fully saturated rings. The Labute approximate surface area is 95.4 Å². The number of carbonyl (C=O) groups is 2. The molecule has 1 aliphatic rings. The van der Waals surface area contributed by atoms with Gasteiger partial charge >= 0.3 is 6.03 Å². The fourth-order valence-electron chi connectivity index (χ4n) is 1.47. The molecule has 0 aliphatic carbocycles. The standard InChI is InChI=1S/C10H9BrN2O2/c1-6-2-3-8(7(11)4-6)13-5-9(14)12-10(13)15/h2-4H,5H2,1H3,(H,12,14,15). The number of carbonyl (C=O) groups excluding carboxylic acids is 2. The number of anilines is 1. The molecule has 1 aliphatic heterocycles. The molecule has 0 unspecified atom stereocenters. The molecule has 5 heteroatoms. The van der Waals surface area contributed by atoms with Crippen LogP contribution in [0, 0.1) is 6.92 Å². The van der Waals surface area contributed by atoms with Crippen molar-refractivity contribution in [2.24, 2.45) is 0 Å². The maximum atomic E-state index is 11.4. The van der Waals surface area contributed by atoms with E-state index in [4.69, 9.17) is 0 Å². The number of imide groups is 1. The Kier molecular flexibility index (Phi) is 2.48. The number of aryl methyl sites for hydroxylation is 1. The van der Waals surface area contributed by atoms with E-state index in [0.29, 0.717) is 5.69 Å². The van der Waals surface area contributed by atoms with E-state index in [2.05, 4.69) is 21.2 Å². The van der Waals surface area contributed by atoms with Crippen LogP contribution in [-0.4, -0.2) is 18.5 Å². The second-order valence-corrected chi connectivity index (χ2v) is 4.25. The van der Waals surface area contributed by atoms with Crippen molar-refractivity contribution in [2.75, 3.05) is 11.4 Å². The smallest absolute Gasteiger partial charge is 0.284 e. The number of benzene rings is 1. The second-order valence-electron chi connectivity index (χ2n) is 3.39. The van der Waals surface area contributed by atoms with Crippen molar-refractivity contribution in [1.29, 1.82) is 0 Å². The zero-order valence-electron chi connectivity index (χ0n) is 8.08. The van der Waals surface area contributed by atoms with E-state index in [9.17, 15) is 9.59 Å². The Morgan fingerprint density at radius 3 is 2.67 bits per heavy atom. The van der Waals surface area contributed by atoms with Crippen LogP contribution in [0.25, 0.3) is 0 Å². The molecule has 2 rings (SSSR count). The molecule has 0 radical (unpaired) electrons. The predicted octanol–water partition coefficient (Wildman–Crippen LogP) is 1.81. The maximum Gasteiger partial charge on any atom is 0.329 e. The third-order valence-corrected chi connectivity index (χ3v) is 2.82. The minimum Gasteiger partial charge on any atom is -0.284 e. The molecule has 1 aromatic rings. The summed E-state index contributed by atoms with van der Waals surface area (Å²) in [5.41, 5.74) is 1.81. The summed E-state index contributed by atoms with van der Waals surface area (Å²) in [6.45, 7) is 2.05. The Bertz CT molecular complexity index is 445. The van der Waals surface area contributed by atoms with Gasteiger partial charge in [0, 0.05) is 4.47 Å². The molecule has 4 nitrogen and oxygen atoms in total. The monoisotopic (exact) mass is 268 g/mol. The van der Waals surface area contributed by atoms with Crippen LogP contribution in [-0.2, 0) is 4.79 Å². The van der Waals surface area contributed by atoms with Gasteiger partial charge < -0.3 is 0 Å². The molecule has 1 saturated heterocycles. The Morgan fingerprint density at radius 2 is 2.13 bits per heavy atom. The molecule has 78 valence electrons. The van der Waals surface area contributed by atoms with Crippen LogP contribution in [0.5, 0.6) is 0 Å². The van der Waals surface area contributed by atoms with Crippen molar-refractivity contribution >= 4 is 33.6 Å². The number of halogens is 1. The first-order valence-electron chi connectivity index (χ1n) is 4.45. The fourth-order valence-corrected chi connectivity index (χ4v) is 2.17. The fraction of sp³-hybridized carbons (Fsp3) is 0.200. The zero-order valence-corrected chi connectivity index (χ0v) is 9.67. The Hall–Kier alpha value is -1.36. The summed E-state index contributed by atoms with van der Waals surface area (Å²) in [5, 5.41) is 2.23. The molecule has 3 amide bonds. The van der Waals surface area contributed by atoms with E-state index < -0.39 is 0 Å². The summed E-state index contributed by atoms with van der Waals surface area (Å²) in [4.78, 5) is 23.8. The molecular weight excluding hydrogens is 260 g/mol. The lowest BCUT2D eigenvalue weighted by atomic mass is 10.2. The summed E-state index contributed by atoms with van der Waals surface area (Å²) in [6.07, 6.45) is 0. The van der Waals surface area contributed by atoms with Crippen LogP contribution in [0.15, 0.2) is 22.7 Å². The summed E-state index contributed by atoms with van der Waals surface area (Å²) in [6, 6.07) is 5.25. The van der Waals surface area contributed by atoms with Crippen molar-refractivity contribution in [3.8, 4) is 0 Å². The van der Waals surface area contributed by atoms with Crippen molar-refractivity contribution < 1.29 is 9.59 Å². The van der Waals surface area contributed by atoms with Crippen molar-refractivity contribution in [3.63, 3.8) is 0 Å². The predicted molar refractivity (Wildman–Crippen MR) is 59.8 cm³/mol. The van der Waals surface area contributed by atoms with Gasteiger partial charge in [-0.15, -0.1) is 0 Å². The average molecular weight is 269 g/mol. The average Bonchev–Trinajstić information content (AvgIpc) is 2.45. The van der Waals surface area contributed by atoms with Gasteiger partial charge in [0.1, 0.15) is 6.54 Å². The number of hydrogen-bond donors (Lipinski definition) is 1. The quantitative estimate of drug-likeness (QED) is 0.790. The number of rotatable bonds is 1. The maximum absolute atomic E-state index is 11.4. The van der Waals surface area contributed by atoms with Crippen LogP contribution < -0.4 is 10.2 Å². The van der Waals surface area contributed by atoms with E-state index in [0.717, 1.165) is 10.0 Å². The first-order chi connectivity index (χ1) is 7.08. The first-order valence-corrected chi connectivity index (χ1v) is 5.25. The van der Waals surface area contributed by atoms with E-state index in [1.54, 1.807) is 0 Å². The molecule has 0 saturated carbocycles. The van der Waals surface area contributed by atoms with Gasteiger partial charge in [-0.25, -0.2) is 4.79 Å². The van der Waals surface area contributed by atoms with E-state index in [1.807, 2.05) is 25.1 Å². The minimum atomic E-state index is -0.371. The molecule has 1 N–H and O–H groups in total. The molecule has 15 heavy (non-hydrogen) atoms. The summed E-state index contributed by atoms with van der Waals surface area (Å²) in [5.74, 6) is -0.271. The van der Waals surface area contributed by atoms with Crippen LogP contribution in [0.4, 0.5) is 10.5 Å². The largest absolute Gasteiger partial charge is 0.329 e. The number of urea groups is 1. The summed E-state index contributed by atoms with van der Waals surface area (Å²) in [7, 11) is 0. The normalized spacial score (nSPS) is 15.7. The van der Waals surface area contributed by atoms with E-state index >= 15 is 0 Å². The topological polar surface area (TPSA) is 49.4 Å². The van der Waals surface area contributed by atoms with Gasteiger partial charge in [-0.3, -0.25) is 15.0 Å². The van der Waals surface area contributed by atoms with Gasteiger partial charge in [0.05, 0.1) is 5.69 Å². The number of nitrogens with one attached hydrogen (secondary N) is 1. The molecule has 0 aromatic heterocycles. The molecular formula is C10H9BrN2O2. The molecule has 0 atom stereocenters. The lowest BCUT2D eigenvalue weighted by Gasteiger charge is -2.15. The number of hydrogen-bond acceptors (Lipinski definition) is 2. The van der Waals surface area contributed by atoms with Gasteiger partial charge in [-0.1, -0.05) is 6.07 Å². The van der Waals surface area contributed by atoms with Gasteiger partial charge in [-0.05, 0) is 40.5 Å². The van der Waals surface area contributed by atoms with Crippen LogP contribution in [0.1, 0.15) is 5.56 Å². The highest BCUT2D eigenvalue weighted by Crippen LogP contribution is 2.28. The van der Waals surface area contributed by atoms with Gasteiger partial charge in [-0.2, -0.15) is 0 Å². The minimum absolute atomic E-state index is 0.0838. The second kappa shape index (κ2) is 3.66. The third kappa shape index (κ3) is 1.87. The SMILES string of the molecule is Cc1ccc(N2CC(=O)NC2=O)c(Br)c1. The molecule has 0 spiro atoms. The van der Waals surface area contributed by atoms with Crippen LogP contribution in [0.2, 0.25) is 0 Å². The molecule has 1 aromatic carbocycles. The van der Waals surface area contributed by atoms with Gasteiger partial charge in [0.2, 0.25) is 5.91 Å². The van der Waals surface area contributed by atoms with Crippen molar-refractivity contribution in [1.82, 2.24) is 5.32 Å². The number of amides is 3. The van der Waals surface area contributed by atoms with Crippen LogP contribution >= 0.6 is 15.9 Å². The molecule has 0 bridgehead atoms. The van der Waals surface area contributed by atoms with E-state index in [-0.39, 0.29) is 18.5 Å². The first kappa shape index (κ1) is 10.2.